The number of halogens is 1. The molecule has 0 spiro atoms. The fraction of sp³-hybridized carbons (Fsp3) is 0.308. The van der Waals surface area contributed by atoms with Gasteiger partial charge < -0.3 is 19.9 Å². The van der Waals surface area contributed by atoms with Crippen LogP contribution in [0.5, 0.6) is 0 Å². The van der Waals surface area contributed by atoms with Crippen molar-refractivity contribution in [2.24, 2.45) is 0 Å². The molecule has 2 heterocycles. The van der Waals surface area contributed by atoms with Crippen LogP contribution in [0.25, 0.3) is 11.3 Å². The third-order valence-electron chi connectivity index (χ3n) is 3.11. The van der Waals surface area contributed by atoms with Crippen LogP contribution < -0.4 is 10.6 Å². The van der Waals surface area contributed by atoms with E-state index in [-0.39, 0.29) is 11.6 Å². The van der Waals surface area contributed by atoms with Gasteiger partial charge >= 0.3 is 0 Å². The van der Waals surface area contributed by atoms with Crippen molar-refractivity contribution in [2.45, 2.75) is 0 Å². The van der Waals surface area contributed by atoms with Crippen molar-refractivity contribution < 1.29 is 13.7 Å². The monoisotopic (exact) mass is 263 g/mol. The van der Waals surface area contributed by atoms with Gasteiger partial charge in [-0.05, 0) is 18.2 Å². The predicted molar refractivity (Wildman–Crippen MR) is 69.3 cm³/mol. The standard InChI is InChI=1S/C13H14FN3O2/c14-10-7-9(12-8-13(15)16-19-12)1-2-11(10)17-3-5-18-6-4-17/h1-2,7-8H,3-6H2,(H2,15,16). The molecule has 6 heteroatoms. The molecule has 0 aliphatic carbocycles. The summed E-state index contributed by atoms with van der Waals surface area (Å²) >= 11 is 0. The third-order valence-corrected chi connectivity index (χ3v) is 3.11. The Morgan fingerprint density at radius 2 is 2.00 bits per heavy atom. The molecule has 0 saturated carbocycles. The molecule has 1 fully saturated rings. The van der Waals surface area contributed by atoms with Gasteiger partial charge in [0.05, 0.1) is 18.9 Å². The molecule has 2 N–H and O–H groups in total. The van der Waals surface area contributed by atoms with E-state index in [1.165, 1.54) is 6.07 Å². The smallest absolute Gasteiger partial charge is 0.169 e. The maximum Gasteiger partial charge on any atom is 0.169 e. The first-order valence-corrected chi connectivity index (χ1v) is 6.09. The first-order chi connectivity index (χ1) is 9.24. The average Bonchev–Trinajstić information content (AvgIpc) is 2.86. The number of ether oxygens (including phenoxy) is 1. The van der Waals surface area contributed by atoms with Gasteiger partial charge in [-0.3, -0.25) is 0 Å². The van der Waals surface area contributed by atoms with Gasteiger partial charge in [-0.1, -0.05) is 5.16 Å². The van der Waals surface area contributed by atoms with Crippen molar-refractivity contribution in [1.82, 2.24) is 5.16 Å². The first-order valence-electron chi connectivity index (χ1n) is 6.09. The topological polar surface area (TPSA) is 64.5 Å². The van der Waals surface area contributed by atoms with E-state index in [0.717, 1.165) is 0 Å². The lowest BCUT2D eigenvalue weighted by Gasteiger charge is -2.29. The lowest BCUT2D eigenvalue weighted by atomic mass is 10.1. The number of rotatable bonds is 2. The number of benzene rings is 1. The third kappa shape index (κ3) is 2.39. The number of nitrogens with zero attached hydrogens (tertiary/aromatic N) is 2. The van der Waals surface area contributed by atoms with E-state index in [2.05, 4.69) is 5.16 Å². The molecule has 1 aromatic carbocycles. The van der Waals surface area contributed by atoms with Crippen LogP contribution in [0.3, 0.4) is 0 Å². The molecule has 0 unspecified atom stereocenters. The zero-order valence-electron chi connectivity index (χ0n) is 10.3. The summed E-state index contributed by atoms with van der Waals surface area (Å²) in [6.07, 6.45) is 0. The van der Waals surface area contributed by atoms with Crippen LogP contribution in [0.4, 0.5) is 15.9 Å². The fourth-order valence-corrected chi connectivity index (χ4v) is 2.15. The summed E-state index contributed by atoms with van der Waals surface area (Å²) in [5.74, 6) is 0.465. The van der Waals surface area contributed by atoms with Gasteiger partial charge in [0, 0.05) is 24.7 Å². The van der Waals surface area contributed by atoms with E-state index < -0.39 is 0 Å². The number of hydrogen-bond acceptors (Lipinski definition) is 5. The maximum atomic E-state index is 14.2. The minimum atomic E-state index is -0.283. The fourth-order valence-electron chi connectivity index (χ4n) is 2.15. The lowest BCUT2D eigenvalue weighted by molar-refractivity contribution is 0.122. The van der Waals surface area contributed by atoms with E-state index in [4.69, 9.17) is 15.0 Å². The van der Waals surface area contributed by atoms with Crippen LogP contribution in [-0.2, 0) is 4.74 Å². The van der Waals surface area contributed by atoms with Crippen LogP contribution in [0, 0.1) is 5.82 Å². The second-order valence-electron chi connectivity index (χ2n) is 4.38. The average molecular weight is 263 g/mol. The molecule has 1 saturated heterocycles. The molecular weight excluding hydrogens is 249 g/mol. The van der Waals surface area contributed by atoms with E-state index >= 15 is 0 Å². The quantitative estimate of drug-likeness (QED) is 0.896. The maximum absolute atomic E-state index is 14.2. The largest absolute Gasteiger partial charge is 0.381 e. The summed E-state index contributed by atoms with van der Waals surface area (Å²) in [6, 6.07) is 6.55. The summed E-state index contributed by atoms with van der Waals surface area (Å²) in [7, 11) is 0. The highest BCUT2D eigenvalue weighted by molar-refractivity contribution is 5.64. The van der Waals surface area contributed by atoms with Gasteiger partial charge in [0.15, 0.2) is 11.6 Å². The van der Waals surface area contributed by atoms with Crippen LogP contribution >= 0.6 is 0 Å². The molecule has 1 aliphatic rings. The molecular formula is C13H14FN3O2. The highest BCUT2D eigenvalue weighted by Crippen LogP contribution is 2.27. The molecule has 0 atom stereocenters. The molecule has 2 aromatic rings. The zero-order chi connectivity index (χ0) is 13.2. The molecule has 5 nitrogen and oxygen atoms in total. The number of anilines is 2. The highest BCUT2D eigenvalue weighted by atomic mass is 19.1. The number of hydrogen-bond donors (Lipinski definition) is 1. The van der Waals surface area contributed by atoms with Crippen LogP contribution in [0.2, 0.25) is 0 Å². The molecule has 1 aromatic heterocycles. The molecule has 19 heavy (non-hydrogen) atoms. The Kier molecular flexibility index (Phi) is 3.08. The van der Waals surface area contributed by atoms with E-state index in [9.17, 15) is 4.39 Å². The van der Waals surface area contributed by atoms with Crippen molar-refractivity contribution in [3.05, 3.63) is 30.1 Å². The predicted octanol–water partition coefficient (Wildman–Crippen LogP) is 1.90. The summed E-state index contributed by atoms with van der Waals surface area (Å²) < 4.78 is 24.4. The van der Waals surface area contributed by atoms with E-state index in [1.54, 1.807) is 18.2 Å². The van der Waals surface area contributed by atoms with Gasteiger partial charge in [0.25, 0.3) is 0 Å². The Hall–Kier alpha value is -2.08. The Morgan fingerprint density at radius 3 is 2.63 bits per heavy atom. The van der Waals surface area contributed by atoms with E-state index in [0.29, 0.717) is 43.3 Å². The van der Waals surface area contributed by atoms with Crippen molar-refractivity contribution in [3.63, 3.8) is 0 Å². The number of nitrogens with two attached hydrogens (primary N) is 1. The molecule has 0 amide bonds. The normalized spacial score (nSPS) is 15.7. The minimum Gasteiger partial charge on any atom is -0.381 e. The summed E-state index contributed by atoms with van der Waals surface area (Å²) in [6.45, 7) is 2.65. The van der Waals surface area contributed by atoms with Gasteiger partial charge in [0.2, 0.25) is 0 Å². The first kappa shape index (κ1) is 12.0. The molecule has 1 aliphatic heterocycles. The number of aromatic nitrogens is 1. The van der Waals surface area contributed by atoms with Gasteiger partial charge in [-0.2, -0.15) is 0 Å². The van der Waals surface area contributed by atoms with E-state index in [1.807, 2.05) is 4.90 Å². The Balaban J connectivity index is 1.89. The van der Waals surface area contributed by atoms with Crippen molar-refractivity contribution in [3.8, 4) is 11.3 Å². The van der Waals surface area contributed by atoms with Gasteiger partial charge in [-0.25, -0.2) is 4.39 Å². The van der Waals surface area contributed by atoms with Crippen molar-refractivity contribution in [1.29, 1.82) is 0 Å². The second-order valence-corrected chi connectivity index (χ2v) is 4.38. The lowest BCUT2D eigenvalue weighted by Crippen LogP contribution is -2.36. The molecule has 0 bridgehead atoms. The van der Waals surface area contributed by atoms with Crippen molar-refractivity contribution in [2.75, 3.05) is 36.9 Å². The Morgan fingerprint density at radius 1 is 1.21 bits per heavy atom. The Bertz CT molecular complexity index is 579. The van der Waals surface area contributed by atoms with Crippen LogP contribution in [0.15, 0.2) is 28.8 Å². The minimum absolute atomic E-state index is 0.283. The molecule has 0 radical (unpaired) electrons. The Labute approximate surface area is 109 Å². The highest BCUT2D eigenvalue weighted by Gasteiger charge is 2.16. The van der Waals surface area contributed by atoms with Crippen molar-refractivity contribution >= 4 is 11.5 Å². The van der Waals surface area contributed by atoms with Crippen LogP contribution in [0.1, 0.15) is 0 Å². The SMILES string of the molecule is Nc1cc(-c2ccc(N3CCOCC3)c(F)c2)on1. The van der Waals surface area contributed by atoms with Gasteiger partial charge in [0.1, 0.15) is 5.82 Å². The number of nitrogen functional groups attached to an aromatic ring is 1. The van der Waals surface area contributed by atoms with Gasteiger partial charge in [-0.15, -0.1) is 0 Å². The zero-order valence-corrected chi connectivity index (χ0v) is 10.3. The summed E-state index contributed by atoms with van der Waals surface area (Å²) in [4.78, 5) is 1.97. The summed E-state index contributed by atoms with van der Waals surface area (Å²) in [5.41, 5.74) is 6.69. The van der Waals surface area contributed by atoms with Crippen LogP contribution in [-0.4, -0.2) is 31.5 Å². The molecule has 100 valence electrons. The molecule has 3 rings (SSSR count). The number of morpholine rings is 1. The summed E-state index contributed by atoms with van der Waals surface area (Å²) in [5, 5.41) is 3.59. The second kappa shape index (κ2) is 4.89.